The van der Waals surface area contributed by atoms with E-state index in [0.29, 0.717) is 0 Å². The van der Waals surface area contributed by atoms with Crippen molar-refractivity contribution in [1.29, 1.82) is 0 Å². The van der Waals surface area contributed by atoms with E-state index in [4.69, 9.17) is 0 Å². The molecule has 0 radical (unpaired) electrons. The average molecular weight is 149 g/mol. The van der Waals surface area contributed by atoms with Crippen LogP contribution in [0.2, 0.25) is 0 Å². The fourth-order valence-corrected chi connectivity index (χ4v) is 0.543. The third kappa shape index (κ3) is 4.20. The van der Waals surface area contributed by atoms with Crippen LogP contribution in [0.1, 0.15) is 6.92 Å². The first-order valence-electron chi connectivity index (χ1n) is 3.55. The highest BCUT2D eigenvalue weighted by atomic mass is 14.8. The number of allylic oxidation sites excluding steroid dienone is 5. The standard InChI is InChI=1S/C10H15N/c1-5-9(3)7-8-10(6-2)11-4/h5-8,11H,1-2H2,3-4H3/b9-7-,10-8+. The predicted molar refractivity (Wildman–Crippen MR) is 51.3 cm³/mol. The topological polar surface area (TPSA) is 12.0 Å². The summed E-state index contributed by atoms with van der Waals surface area (Å²) in [6, 6.07) is 0. The highest BCUT2D eigenvalue weighted by molar-refractivity contribution is 5.26. The molecule has 1 nitrogen and oxygen atoms in total. The molecule has 0 heterocycles. The summed E-state index contributed by atoms with van der Waals surface area (Å²) in [5, 5.41) is 3.00. The van der Waals surface area contributed by atoms with Gasteiger partial charge in [0.1, 0.15) is 0 Å². The van der Waals surface area contributed by atoms with Crippen molar-refractivity contribution < 1.29 is 0 Å². The van der Waals surface area contributed by atoms with Crippen molar-refractivity contribution >= 4 is 0 Å². The minimum absolute atomic E-state index is 1.01. The molecule has 0 bridgehead atoms. The molecular weight excluding hydrogens is 134 g/mol. The Morgan fingerprint density at radius 2 is 1.82 bits per heavy atom. The van der Waals surface area contributed by atoms with Crippen molar-refractivity contribution in [3.63, 3.8) is 0 Å². The number of likely N-dealkylation sites (N-methyl/N-ethyl adjacent to an activating group) is 1. The van der Waals surface area contributed by atoms with E-state index in [9.17, 15) is 0 Å². The fraction of sp³-hybridized carbons (Fsp3) is 0.200. The summed E-state index contributed by atoms with van der Waals surface area (Å²) in [5.41, 5.74) is 2.14. The van der Waals surface area contributed by atoms with Gasteiger partial charge in [-0.2, -0.15) is 0 Å². The van der Waals surface area contributed by atoms with Crippen LogP contribution in [0.3, 0.4) is 0 Å². The van der Waals surface area contributed by atoms with E-state index < -0.39 is 0 Å². The maximum absolute atomic E-state index is 3.65. The Labute approximate surface area is 68.8 Å². The molecule has 0 aliphatic heterocycles. The lowest BCUT2D eigenvalue weighted by atomic mass is 10.2. The summed E-state index contributed by atoms with van der Waals surface area (Å²) in [4.78, 5) is 0. The maximum Gasteiger partial charge on any atom is 0.0331 e. The first-order valence-corrected chi connectivity index (χ1v) is 3.55. The van der Waals surface area contributed by atoms with Gasteiger partial charge in [-0.05, 0) is 19.1 Å². The zero-order chi connectivity index (χ0) is 8.69. The van der Waals surface area contributed by atoms with Gasteiger partial charge < -0.3 is 5.32 Å². The second kappa shape index (κ2) is 5.54. The molecule has 0 unspecified atom stereocenters. The first kappa shape index (κ1) is 9.76. The Morgan fingerprint density at radius 1 is 1.18 bits per heavy atom. The monoisotopic (exact) mass is 149 g/mol. The van der Waals surface area contributed by atoms with E-state index >= 15 is 0 Å². The highest BCUT2D eigenvalue weighted by Gasteiger charge is 1.81. The lowest BCUT2D eigenvalue weighted by molar-refractivity contribution is 1.03. The van der Waals surface area contributed by atoms with Crippen LogP contribution in [0.25, 0.3) is 0 Å². The van der Waals surface area contributed by atoms with Crippen LogP contribution < -0.4 is 5.32 Å². The molecule has 11 heavy (non-hydrogen) atoms. The largest absolute Gasteiger partial charge is 0.388 e. The third-order valence-corrected chi connectivity index (χ3v) is 1.36. The zero-order valence-electron chi connectivity index (χ0n) is 7.22. The maximum atomic E-state index is 3.65. The Balaban J connectivity index is 4.28. The summed E-state index contributed by atoms with van der Waals surface area (Å²) >= 11 is 0. The molecule has 0 aromatic rings. The minimum atomic E-state index is 1.01. The van der Waals surface area contributed by atoms with Crippen molar-refractivity contribution in [2.45, 2.75) is 6.92 Å². The van der Waals surface area contributed by atoms with Crippen molar-refractivity contribution in [1.82, 2.24) is 5.32 Å². The Morgan fingerprint density at radius 3 is 2.18 bits per heavy atom. The fourth-order valence-electron chi connectivity index (χ4n) is 0.543. The molecule has 1 heteroatoms. The van der Waals surface area contributed by atoms with Crippen LogP contribution in [0.5, 0.6) is 0 Å². The summed E-state index contributed by atoms with van der Waals surface area (Å²) in [5.74, 6) is 0. The van der Waals surface area contributed by atoms with Gasteiger partial charge in [-0.25, -0.2) is 0 Å². The Hall–Kier alpha value is -1.24. The molecule has 0 aromatic carbocycles. The SMILES string of the molecule is C=C/C(C)=C\C=C(/C=C)NC. The van der Waals surface area contributed by atoms with Crippen molar-refractivity contribution in [3.8, 4) is 0 Å². The molecular formula is C10H15N. The summed E-state index contributed by atoms with van der Waals surface area (Å²) < 4.78 is 0. The van der Waals surface area contributed by atoms with Gasteiger partial charge >= 0.3 is 0 Å². The van der Waals surface area contributed by atoms with Gasteiger partial charge in [-0.3, -0.25) is 0 Å². The van der Waals surface area contributed by atoms with Crippen LogP contribution in [0.15, 0.2) is 48.7 Å². The van der Waals surface area contributed by atoms with E-state index in [1.165, 1.54) is 0 Å². The molecule has 0 aliphatic carbocycles. The molecule has 0 rings (SSSR count). The number of hydrogen-bond donors (Lipinski definition) is 1. The van der Waals surface area contributed by atoms with E-state index in [0.717, 1.165) is 11.3 Å². The summed E-state index contributed by atoms with van der Waals surface area (Å²) in [6.07, 6.45) is 7.53. The normalized spacial score (nSPS) is 12.5. The highest BCUT2D eigenvalue weighted by Crippen LogP contribution is 1.96. The summed E-state index contributed by atoms with van der Waals surface area (Å²) in [7, 11) is 1.87. The van der Waals surface area contributed by atoms with Gasteiger partial charge in [0.05, 0.1) is 0 Å². The molecule has 0 atom stereocenters. The van der Waals surface area contributed by atoms with E-state index in [1.54, 1.807) is 6.08 Å². The smallest absolute Gasteiger partial charge is 0.0331 e. The quantitative estimate of drug-likeness (QED) is 0.605. The molecule has 0 fully saturated rings. The van der Waals surface area contributed by atoms with Crippen molar-refractivity contribution in [2.24, 2.45) is 0 Å². The van der Waals surface area contributed by atoms with Gasteiger partial charge in [0.25, 0.3) is 0 Å². The Kier molecular flexibility index (Phi) is 4.91. The number of rotatable bonds is 4. The van der Waals surface area contributed by atoms with Gasteiger partial charge in [0.2, 0.25) is 0 Å². The lowest BCUT2D eigenvalue weighted by Crippen LogP contribution is -2.01. The molecule has 0 spiro atoms. The summed E-state index contributed by atoms with van der Waals surface area (Å²) in [6.45, 7) is 9.30. The zero-order valence-corrected chi connectivity index (χ0v) is 7.22. The Bertz CT molecular complexity index is 197. The molecule has 0 aliphatic rings. The third-order valence-electron chi connectivity index (χ3n) is 1.36. The minimum Gasteiger partial charge on any atom is -0.388 e. The van der Waals surface area contributed by atoms with E-state index in [2.05, 4.69) is 18.5 Å². The average Bonchev–Trinajstić information content (AvgIpc) is 2.06. The van der Waals surface area contributed by atoms with Crippen LogP contribution in [0.4, 0.5) is 0 Å². The second-order valence-electron chi connectivity index (χ2n) is 2.19. The van der Waals surface area contributed by atoms with E-state index in [-0.39, 0.29) is 0 Å². The first-order chi connectivity index (χ1) is 5.24. The lowest BCUT2D eigenvalue weighted by Gasteiger charge is -1.96. The van der Waals surface area contributed by atoms with Gasteiger partial charge in [0, 0.05) is 12.7 Å². The van der Waals surface area contributed by atoms with Crippen LogP contribution >= 0.6 is 0 Å². The van der Waals surface area contributed by atoms with Gasteiger partial charge in [-0.15, -0.1) is 0 Å². The number of hydrogen-bond acceptors (Lipinski definition) is 1. The second-order valence-corrected chi connectivity index (χ2v) is 2.19. The molecule has 1 N–H and O–H groups in total. The van der Waals surface area contributed by atoms with Crippen LogP contribution in [0, 0.1) is 0 Å². The van der Waals surface area contributed by atoms with Crippen molar-refractivity contribution in [3.05, 3.63) is 48.7 Å². The van der Waals surface area contributed by atoms with Gasteiger partial charge in [-0.1, -0.05) is 30.9 Å². The molecule has 0 amide bonds. The van der Waals surface area contributed by atoms with Crippen LogP contribution in [-0.4, -0.2) is 7.05 Å². The predicted octanol–water partition coefficient (Wildman–Crippen LogP) is 2.41. The molecule has 60 valence electrons. The van der Waals surface area contributed by atoms with Crippen LogP contribution in [-0.2, 0) is 0 Å². The van der Waals surface area contributed by atoms with Gasteiger partial charge in [0.15, 0.2) is 0 Å². The molecule has 0 aromatic heterocycles. The van der Waals surface area contributed by atoms with E-state index in [1.807, 2.05) is 32.2 Å². The molecule has 0 saturated carbocycles. The number of nitrogens with one attached hydrogen (secondary N) is 1. The molecule has 0 saturated heterocycles. The van der Waals surface area contributed by atoms with Crippen molar-refractivity contribution in [2.75, 3.05) is 7.05 Å².